The van der Waals surface area contributed by atoms with E-state index >= 15 is 0 Å². The maximum Gasteiger partial charge on any atom is -0.000556 e. The first-order valence-electron chi connectivity index (χ1n) is 7.68. The molecule has 1 heteroatoms. The van der Waals surface area contributed by atoms with Gasteiger partial charge >= 0.3 is 0 Å². The Balaban J connectivity index is 1.71. The van der Waals surface area contributed by atoms with Gasteiger partial charge in [-0.2, -0.15) is 0 Å². The van der Waals surface area contributed by atoms with Gasteiger partial charge in [0.2, 0.25) is 0 Å². The molecule has 3 rings (SSSR count). The molecule has 2 fully saturated rings. The highest BCUT2D eigenvalue weighted by Crippen LogP contribution is 2.42. The Morgan fingerprint density at radius 1 is 0.944 bits per heavy atom. The van der Waals surface area contributed by atoms with Crippen molar-refractivity contribution in [1.82, 2.24) is 0 Å². The Bertz CT molecular complexity index is 371. The first kappa shape index (κ1) is 12.2. The van der Waals surface area contributed by atoms with E-state index in [-0.39, 0.29) is 0 Å². The highest BCUT2D eigenvalue weighted by Gasteiger charge is 2.31. The van der Waals surface area contributed by atoms with Gasteiger partial charge < -0.3 is 5.73 Å². The van der Waals surface area contributed by atoms with Gasteiger partial charge in [-0.1, -0.05) is 43.5 Å². The van der Waals surface area contributed by atoms with Crippen LogP contribution >= 0.6 is 0 Å². The van der Waals surface area contributed by atoms with Crippen molar-refractivity contribution in [3.8, 4) is 0 Å². The Morgan fingerprint density at radius 3 is 2.17 bits per heavy atom. The summed E-state index contributed by atoms with van der Waals surface area (Å²) in [6.45, 7) is 0.813. The van der Waals surface area contributed by atoms with Crippen LogP contribution in [0.2, 0.25) is 0 Å². The number of hydrogen-bond acceptors (Lipinski definition) is 1. The molecule has 0 saturated heterocycles. The minimum absolute atomic E-state index is 0.616. The lowest BCUT2D eigenvalue weighted by Crippen LogP contribution is -2.14. The Labute approximate surface area is 111 Å². The van der Waals surface area contributed by atoms with E-state index in [2.05, 4.69) is 24.3 Å². The molecule has 1 aromatic rings. The van der Waals surface area contributed by atoms with Crippen LogP contribution in [0.3, 0.4) is 0 Å². The SMILES string of the molecule is NCC(c1ccc(C2CCCCC2)cc1)C1CC1. The van der Waals surface area contributed by atoms with E-state index in [0.717, 1.165) is 18.4 Å². The van der Waals surface area contributed by atoms with Crippen LogP contribution in [0.1, 0.15) is 67.9 Å². The molecule has 2 N–H and O–H groups in total. The van der Waals surface area contributed by atoms with E-state index in [1.54, 1.807) is 5.56 Å². The van der Waals surface area contributed by atoms with Crippen LogP contribution in [0.25, 0.3) is 0 Å². The van der Waals surface area contributed by atoms with Crippen molar-refractivity contribution in [3.05, 3.63) is 35.4 Å². The molecule has 0 aromatic heterocycles. The zero-order valence-corrected chi connectivity index (χ0v) is 11.3. The molecule has 0 amide bonds. The molecule has 0 heterocycles. The number of hydrogen-bond donors (Lipinski definition) is 1. The molecule has 0 bridgehead atoms. The molecule has 18 heavy (non-hydrogen) atoms. The van der Waals surface area contributed by atoms with Gasteiger partial charge in [-0.3, -0.25) is 0 Å². The topological polar surface area (TPSA) is 26.0 Å². The molecule has 98 valence electrons. The lowest BCUT2D eigenvalue weighted by Gasteiger charge is -2.23. The van der Waals surface area contributed by atoms with Crippen molar-refractivity contribution in [3.63, 3.8) is 0 Å². The second kappa shape index (κ2) is 5.44. The molecular weight excluding hydrogens is 218 g/mol. The molecule has 0 spiro atoms. The summed E-state index contributed by atoms with van der Waals surface area (Å²) in [6, 6.07) is 9.44. The second-order valence-electron chi connectivity index (χ2n) is 6.18. The molecule has 2 saturated carbocycles. The predicted molar refractivity (Wildman–Crippen MR) is 76.8 cm³/mol. The lowest BCUT2D eigenvalue weighted by atomic mass is 9.83. The van der Waals surface area contributed by atoms with E-state index in [9.17, 15) is 0 Å². The van der Waals surface area contributed by atoms with Gasteiger partial charge in [0.25, 0.3) is 0 Å². The van der Waals surface area contributed by atoms with Crippen molar-refractivity contribution in [2.45, 2.75) is 56.8 Å². The molecule has 0 radical (unpaired) electrons. The predicted octanol–water partition coefficient (Wildman–Crippen LogP) is 4.19. The van der Waals surface area contributed by atoms with Crippen molar-refractivity contribution in [2.75, 3.05) is 6.54 Å². The van der Waals surface area contributed by atoms with Gasteiger partial charge in [0, 0.05) is 0 Å². The third-order valence-corrected chi connectivity index (χ3v) is 4.89. The summed E-state index contributed by atoms with van der Waals surface area (Å²) in [4.78, 5) is 0. The minimum atomic E-state index is 0.616. The number of nitrogens with two attached hydrogens (primary N) is 1. The molecule has 1 aromatic carbocycles. The van der Waals surface area contributed by atoms with Crippen LogP contribution in [-0.2, 0) is 0 Å². The summed E-state index contributed by atoms with van der Waals surface area (Å²) in [5.41, 5.74) is 8.96. The summed E-state index contributed by atoms with van der Waals surface area (Å²) in [5, 5.41) is 0. The van der Waals surface area contributed by atoms with E-state index in [4.69, 9.17) is 5.73 Å². The van der Waals surface area contributed by atoms with Gasteiger partial charge in [-0.05, 0) is 61.1 Å². The van der Waals surface area contributed by atoms with Crippen molar-refractivity contribution in [2.24, 2.45) is 11.7 Å². The van der Waals surface area contributed by atoms with Gasteiger partial charge in [-0.15, -0.1) is 0 Å². The van der Waals surface area contributed by atoms with Crippen LogP contribution in [0.4, 0.5) is 0 Å². The van der Waals surface area contributed by atoms with Crippen LogP contribution in [0, 0.1) is 5.92 Å². The number of rotatable bonds is 4. The van der Waals surface area contributed by atoms with Gasteiger partial charge in [-0.25, -0.2) is 0 Å². The molecule has 1 unspecified atom stereocenters. The number of benzene rings is 1. The Hall–Kier alpha value is -0.820. The van der Waals surface area contributed by atoms with Gasteiger partial charge in [0.1, 0.15) is 0 Å². The molecule has 1 nitrogen and oxygen atoms in total. The van der Waals surface area contributed by atoms with E-state index in [1.165, 1.54) is 50.5 Å². The van der Waals surface area contributed by atoms with Crippen LogP contribution in [0.15, 0.2) is 24.3 Å². The maximum absolute atomic E-state index is 5.93. The van der Waals surface area contributed by atoms with Crippen LogP contribution in [0.5, 0.6) is 0 Å². The smallest absolute Gasteiger partial charge is 0.000556 e. The molecule has 0 aliphatic heterocycles. The monoisotopic (exact) mass is 243 g/mol. The summed E-state index contributed by atoms with van der Waals surface area (Å²) in [5.74, 6) is 2.31. The van der Waals surface area contributed by atoms with E-state index < -0.39 is 0 Å². The van der Waals surface area contributed by atoms with Crippen molar-refractivity contribution in [1.29, 1.82) is 0 Å². The highest BCUT2D eigenvalue weighted by atomic mass is 14.6. The third-order valence-electron chi connectivity index (χ3n) is 4.89. The normalized spacial score (nSPS) is 22.9. The second-order valence-corrected chi connectivity index (χ2v) is 6.18. The maximum atomic E-state index is 5.93. The first-order chi connectivity index (χ1) is 8.88. The summed E-state index contributed by atoms with van der Waals surface area (Å²) < 4.78 is 0. The van der Waals surface area contributed by atoms with E-state index in [1.807, 2.05) is 0 Å². The van der Waals surface area contributed by atoms with Crippen LogP contribution in [-0.4, -0.2) is 6.54 Å². The lowest BCUT2D eigenvalue weighted by molar-refractivity contribution is 0.443. The van der Waals surface area contributed by atoms with Gasteiger partial charge in [0.15, 0.2) is 0 Å². The molecular formula is C17H25N. The third kappa shape index (κ3) is 2.61. The zero-order valence-electron chi connectivity index (χ0n) is 11.3. The minimum Gasteiger partial charge on any atom is -0.330 e. The van der Waals surface area contributed by atoms with Crippen LogP contribution < -0.4 is 5.73 Å². The summed E-state index contributed by atoms with van der Waals surface area (Å²) in [6.07, 6.45) is 9.81. The average molecular weight is 243 g/mol. The fourth-order valence-electron chi connectivity index (χ4n) is 3.55. The van der Waals surface area contributed by atoms with Crippen molar-refractivity contribution < 1.29 is 0 Å². The Kier molecular flexibility index (Phi) is 3.69. The fraction of sp³-hybridized carbons (Fsp3) is 0.647. The molecule has 2 aliphatic carbocycles. The molecule has 2 aliphatic rings. The first-order valence-corrected chi connectivity index (χ1v) is 7.68. The van der Waals surface area contributed by atoms with E-state index in [0.29, 0.717) is 5.92 Å². The average Bonchev–Trinajstić information content (AvgIpc) is 3.26. The van der Waals surface area contributed by atoms with Crippen molar-refractivity contribution >= 4 is 0 Å². The largest absolute Gasteiger partial charge is 0.330 e. The Morgan fingerprint density at radius 2 is 1.61 bits per heavy atom. The highest BCUT2D eigenvalue weighted by molar-refractivity contribution is 5.29. The van der Waals surface area contributed by atoms with Gasteiger partial charge in [0.05, 0.1) is 0 Å². The summed E-state index contributed by atoms with van der Waals surface area (Å²) >= 11 is 0. The fourth-order valence-corrected chi connectivity index (χ4v) is 3.55. The summed E-state index contributed by atoms with van der Waals surface area (Å²) in [7, 11) is 0. The molecule has 1 atom stereocenters. The zero-order chi connectivity index (χ0) is 12.4. The quantitative estimate of drug-likeness (QED) is 0.843. The standard InChI is InChI=1S/C17H25N/c18-12-17(16-10-11-16)15-8-6-14(7-9-15)13-4-2-1-3-5-13/h6-9,13,16-17H,1-5,10-12,18H2.